The van der Waals surface area contributed by atoms with Crippen molar-refractivity contribution in [3.05, 3.63) is 29.8 Å². The Morgan fingerprint density at radius 3 is 2.32 bits per heavy atom. The predicted octanol–water partition coefficient (Wildman–Crippen LogP) is 3.41. The van der Waals surface area contributed by atoms with E-state index in [2.05, 4.69) is 38.2 Å². The standard InChI is InChI=1S/C16H27NO2/c1-13(2)9-11-19-12-10-17-14(3)15-5-7-16(18-4)8-6-15/h5-8,13-14,17H,9-12H2,1-4H3. The average Bonchev–Trinajstić information content (AvgIpc) is 2.42. The van der Waals surface area contributed by atoms with Gasteiger partial charge < -0.3 is 14.8 Å². The SMILES string of the molecule is COc1ccc(C(C)NCCOCCC(C)C)cc1. The molecule has 1 N–H and O–H groups in total. The number of hydrogen-bond acceptors (Lipinski definition) is 3. The molecule has 0 bridgehead atoms. The Morgan fingerprint density at radius 1 is 1.05 bits per heavy atom. The highest BCUT2D eigenvalue weighted by Crippen LogP contribution is 2.16. The molecule has 1 aromatic rings. The van der Waals surface area contributed by atoms with Crippen molar-refractivity contribution in [1.82, 2.24) is 5.32 Å². The van der Waals surface area contributed by atoms with Gasteiger partial charge in [0.2, 0.25) is 0 Å². The van der Waals surface area contributed by atoms with E-state index in [-0.39, 0.29) is 0 Å². The zero-order chi connectivity index (χ0) is 14.1. The van der Waals surface area contributed by atoms with Gasteiger partial charge in [0, 0.05) is 19.2 Å². The lowest BCUT2D eigenvalue weighted by atomic mass is 10.1. The second-order valence-electron chi connectivity index (χ2n) is 5.24. The van der Waals surface area contributed by atoms with E-state index in [1.165, 1.54) is 5.56 Å². The molecule has 1 atom stereocenters. The molecule has 0 spiro atoms. The van der Waals surface area contributed by atoms with E-state index in [0.29, 0.717) is 12.0 Å². The van der Waals surface area contributed by atoms with Gasteiger partial charge in [-0.3, -0.25) is 0 Å². The lowest BCUT2D eigenvalue weighted by Gasteiger charge is -2.15. The Morgan fingerprint density at radius 2 is 1.74 bits per heavy atom. The van der Waals surface area contributed by atoms with Crippen molar-refractivity contribution in [2.75, 3.05) is 26.9 Å². The van der Waals surface area contributed by atoms with Crippen LogP contribution in [0.25, 0.3) is 0 Å². The van der Waals surface area contributed by atoms with Crippen LogP contribution in [0.2, 0.25) is 0 Å². The van der Waals surface area contributed by atoms with Crippen LogP contribution in [0.5, 0.6) is 5.75 Å². The molecule has 19 heavy (non-hydrogen) atoms. The van der Waals surface area contributed by atoms with Crippen LogP contribution in [0.1, 0.15) is 38.8 Å². The first kappa shape index (κ1) is 16.0. The number of methoxy groups -OCH3 is 1. The quantitative estimate of drug-likeness (QED) is 0.694. The zero-order valence-electron chi connectivity index (χ0n) is 12.6. The Balaban J connectivity index is 2.17. The van der Waals surface area contributed by atoms with Crippen molar-refractivity contribution < 1.29 is 9.47 Å². The Labute approximate surface area is 117 Å². The summed E-state index contributed by atoms with van der Waals surface area (Å²) in [5.41, 5.74) is 1.27. The molecule has 0 radical (unpaired) electrons. The van der Waals surface area contributed by atoms with Crippen LogP contribution in [0.3, 0.4) is 0 Å². The zero-order valence-corrected chi connectivity index (χ0v) is 12.6. The van der Waals surface area contributed by atoms with Gasteiger partial charge in [-0.25, -0.2) is 0 Å². The third-order valence-corrected chi connectivity index (χ3v) is 3.15. The summed E-state index contributed by atoms with van der Waals surface area (Å²) in [6.45, 7) is 9.10. The monoisotopic (exact) mass is 265 g/mol. The lowest BCUT2D eigenvalue weighted by molar-refractivity contribution is 0.123. The molecule has 108 valence electrons. The van der Waals surface area contributed by atoms with Gasteiger partial charge in [-0.15, -0.1) is 0 Å². The molecule has 0 aliphatic carbocycles. The molecule has 0 aromatic heterocycles. The van der Waals surface area contributed by atoms with E-state index in [0.717, 1.165) is 31.9 Å². The highest BCUT2D eigenvalue weighted by atomic mass is 16.5. The fourth-order valence-electron chi connectivity index (χ4n) is 1.78. The summed E-state index contributed by atoms with van der Waals surface area (Å²) in [4.78, 5) is 0. The Bertz CT molecular complexity index is 335. The number of benzene rings is 1. The molecule has 0 aliphatic rings. The Kier molecular flexibility index (Phi) is 7.53. The topological polar surface area (TPSA) is 30.5 Å². The lowest BCUT2D eigenvalue weighted by Crippen LogP contribution is -2.23. The van der Waals surface area contributed by atoms with Crippen LogP contribution in [0.15, 0.2) is 24.3 Å². The maximum absolute atomic E-state index is 5.58. The molecule has 0 heterocycles. The number of ether oxygens (including phenoxy) is 2. The van der Waals surface area contributed by atoms with Crippen molar-refractivity contribution in [1.29, 1.82) is 0 Å². The fraction of sp³-hybridized carbons (Fsp3) is 0.625. The van der Waals surface area contributed by atoms with E-state index in [9.17, 15) is 0 Å². The van der Waals surface area contributed by atoms with E-state index in [4.69, 9.17) is 9.47 Å². The molecular formula is C16H27NO2. The normalized spacial score (nSPS) is 12.7. The van der Waals surface area contributed by atoms with Crippen molar-refractivity contribution >= 4 is 0 Å². The predicted molar refractivity (Wildman–Crippen MR) is 79.7 cm³/mol. The van der Waals surface area contributed by atoms with E-state index in [1.54, 1.807) is 7.11 Å². The first-order valence-corrected chi connectivity index (χ1v) is 7.08. The molecule has 0 saturated heterocycles. The Hall–Kier alpha value is -1.06. The van der Waals surface area contributed by atoms with Crippen molar-refractivity contribution in [3.8, 4) is 5.75 Å². The molecule has 0 aliphatic heterocycles. The van der Waals surface area contributed by atoms with Gasteiger partial charge in [0.05, 0.1) is 13.7 Å². The number of hydrogen-bond donors (Lipinski definition) is 1. The van der Waals surface area contributed by atoms with Gasteiger partial charge in [0.1, 0.15) is 5.75 Å². The fourth-order valence-corrected chi connectivity index (χ4v) is 1.78. The van der Waals surface area contributed by atoms with Crippen molar-refractivity contribution in [3.63, 3.8) is 0 Å². The molecule has 1 unspecified atom stereocenters. The first-order chi connectivity index (χ1) is 9.13. The highest BCUT2D eigenvalue weighted by Gasteiger charge is 2.04. The van der Waals surface area contributed by atoms with Gasteiger partial charge in [-0.2, -0.15) is 0 Å². The van der Waals surface area contributed by atoms with Gasteiger partial charge in [0.15, 0.2) is 0 Å². The molecular weight excluding hydrogens is 238 g/mol. The van der Waals surface area contributed by atoms with Crippen LogP contribution >= 0.6 is 0 Å². The summed E-state index contributed by atoms with van der Waals surface area (Å²) in [5.74, 6) is 1.61. The summed E-state index contributed by atoms with van der Waals surface area (Å²) < 4.78 is 10.7. The van der Waals surface area contributed by atoms with Crippen LogP contribution in [0.4, 0.5) is 0 Å². The van der Waals surface area contributed by atoms with E-state index < -0.39 is 0 Å². The molecule has 1 rings (SSSR count). The van der Waals surface area contributed by atoms with Crippen LogP contribution in [-0.4, -0.2) is 26.9 Å². The molecule has 1 aromatic carbocycles. The molecule has 0 saturated carbocycles. The average molecular weight is 265 g/mol. The van der Waals surface area contributed by atoms with Gasteiger partial charge >= 0.3 is 0 Å². The molecule has 3 nitrogen and oxygen atoms in total. The first-order valence-electron chi connectivity index (χ1n) is 7.08. The van der Waals surface area contributed by atoms with Gasteiger partial charge in [-0.1, -0.05) is 26.0 Å². The molecule has 3 heteroatoms. The summed E-state index contributed by atoms with van der Waals surface area (Å²) in [6.07, 6.45) is 1.13. The maximum atomic E-state index is 5.58. The summed E-state index contributed by atoms with van der Waals surface area (Å²) in [6, 6.07) is 8.51. The highest BCUT2D eigenvalue weighted by molar-refractivity contribution is 5.28. The third kappa shape index (κ3) is 6.60. The van der Waals surface area contributed by atoms with Crippen LogP contribution in [0, 0.1) is 5.92 Å². The number of nitrogens with one attached hydrogen (secondary N) is 1. The second-order valence-corrected chi connectivity index (χ2v) is 5.24. The molecule has 0 fully saturated rings. The minimum Gasteiger partial charge on any atom is -0.497 e. The van der Waals surface area contributed by atoms with Crippen LogP contribution in [-0.2, 0) is 4.74 Å². The maximum Gasteiger partial charge on any atom is 0.118 e. The van der Waals surface area contributed by atoms with Crippen molar-refractivity contribution in [2.24, 2.45) is 5.92 Å². The van der Waals surface area contributed by atoms with E-state index in [1.807, 2.05) is 12.1 Å². The van der Waals surface area contributed by atoms with Crippen molar-refractivity contribution in [2.45, 2.75) is 33.2 Å². The molecule has 0 amide bonds. The van der Waals surface area contributed by atoms with Gasteiger partial charge in [-0.05, 0) is 37.0 Å². The third-order valence-electron chi connectivity index (χ3n) is 3.15. The minimum atomic E-state index is 0.333. The second kappa shape index (κ2) is 8.94. The summed E-state index contributed by atoms with van der Waals surface area (Å²) in [7, 11) is 1.69. The summed E-state index contributed by atoms with van der Waals surface area (Å²) in [5, 5.41) is 3.46. The minimum absolute atomic E-state index is 0.333. The summed E-state index contributed by atoms with van der Waals surface area (Å²) >= 11 is 0. The van der Waals surface area contributed by atoms with E-state index >= 15 is 0 Å². The smallest absolute Gasteiger partial charge is 0.118 e. The van der Waals surface area contributed by atoms with Gasteiger partial charge in [0.25, 0.3) is 0 Å². The van der Waals surface area contributed by atoms with Crippen LogP contribution < -0.4 is 10.1 Å². The number of rotatable bonds is 9. The largest absolute Gasteiger partial charge is 0.497 e.